The topological polar surface area (TPSA) is 67.4 Å². The number of ether oxygens (including phenoxy) is 1. The first kappa shape index (κ1) is 15.8. The van der Waals surface area contributed by atoms with E-state index in [-0.39, 0.29) is 11.8 Å². The highest BCUT2D eigenvalue weighted by Gasteiger charge is 2.15. The molecule has 0 saturated carbocycles. The lowest BCUT2D eigenvalue weighted by molar-refractivity contribution is 0.173. The van der Waals surface area contributed by atoms with Gasteiger partial charge in [0.15, 0.2) is 0 Å². The molecule has 0 aromatic carbocycles. The Kier molecular flexibility index (Phi) is 8.83. The van der Waals surface area contributed by atoms with Gasteiger partial charge in [0.05, 0.1) is 12.4 Å². The summed E-state index contributed by atoms with van der Waals surface area (Å²) >= 11 is 0. The van der Waals surface area contributed by atoms with Crippen LogP contribution in [-0.4, -0.2) is 47.5 Å². The van der Waals surface area contributed by atoms with E-state index in [2.05, 4.69) is 10.0 Å². The van der Waals surface area contributed by atoms with Gasteiger partial charge in [-0.1, -0.05) is 6.92 Å². The number of sulfonamides is 1. The largest absolute Gasteiger partial charge is 0.383 e. The molecule has 6 heteroatoms. The molecule has 2 N–H and O–H groups in total. The molecule has 0 amide bonds. The van der Waals surface area contributed by atoms with Gasteiger partial charge in [-0.3, -0.25) is 0 Å². The lowest BCUT2D eigenvalue weighted by Gasteiger charge is -2.15. The van der Waals surface area contributed by atoms with Crippen molar-refractivity contribution < 1.29 is 13.2 Å². The molecule has 0 aliphatic carbocycles. The van der Waals surface area contributed by atoms with E-state index >= 15 is 0 Å². The van der Waals surface area contributed by atoms with Crippen LogP contribution in [0.3, 0.4) is 0 Å². The summed E-state index contributed by atoms with van der Waals surface area (Å²) in [5.41, 5.74) is 0. The minimum absolute atomic E-state index is 0.112. The molecular weight excluding hydrogens is 228 g/mol. The van der Waals surface area contributed by atoms with Crippen molar-refractivity contribution in [1.82, 2.24) is 10.0 Å². The van der Waals surface area contributed by atoms with E-state index in [4.69, 9.17) is 4.74 Å². The van der Waals surface area contributed by atoms with Gasteiger partial charge in [-0.2, -0.15) is 0 Å². The second-order valence-corrected chi connectivity index (χ2v) is 5.68. The zero-order valence-electron chi connectivity index (χ0n) is 10.5. The van der Waals surface area contributed by atoms with Gasteiger partial charge in [0.1, 0.15) is 0 Å². The quantitative estimate of drug-likeness (QED) is 0.550. The molecule has 0 heterocycles. The molecule has 0 aliphatic rings. The molecule has 0 spiro atoms. The average Bonchev–Trinajstić information content (AvgIpc) is 2.23. The van der Waals surface area contributed by atoms with Gasteiger partial charge in [0.2, 0.25) is 10.0 Å². The summed E-state index contributed by atoms with van der Waals surface area (Å²) in [5, 5.41) is 2.99. The molecule has 98 valence electrons. The highest BCUT2D eigenvalue weighted by atomic mass is 32.2. The number of hydrogen-bond acceptors (Lipinski definition) is 4. The van der Waals surface area contributed by atoms with Gasteiger partial charge in [0, 0.05) is 13.2 Å². The maximum absolute atomic E-state index is 11.7. The molecule has 5 nitrogen and oxygen atoms in total. The van der Waals surface area contributed by atoms with Gasteiger partial charge < -0.3 is 10.1 Å². The van der Waals surface area contributed by atoms with Crippen molar-refractivity contribution in [2.45, 2.75) is 32.2 Å². The second kappa shape index (κ2) is 8.92. The summed E-state index contributed by atoms with van der Waals surface area (Å²) in [6, 6.07) is -0.112. The summed E-state index contributed by atoms with van der Waals surface area (Å²) in [6.07, 6.45) is 2.29. The van der Waals surface area contributed by atoms with Crippen LogP contribution in [0.4, 0.5) is 0 Å². The van der Waals surface area contributed by atoms with Crippen LogP contribution < -0.4 is 10.0 Å². The van der Waals surface area contributed by atoms with Crippen LogP contribution in [0.5, 0.6) is 0 Å². The highest BCUT2D eigenvalue weighted by Crippen LogP contribution is 1.99. The molecule has 0 fully saturated rings. The van der Waals surface area contributed by atoms with Gasteiger partial charge in [0.25, 0.3) is 0 Å². The lowest BCUT2D eigenvalue weighted by Crippen LogP contribution is -2.38. The van der Waals surface area contributed by atoms with E-state index < -0.39 is 10.0 Å². The van der Waals surface area contributed by atoms with E-state index in [9.17, 15) is 8.42 Å². The number of rotatable bonds is 10. The predicted molar refractivity (Wildman–Crippen MR) is 66.0 cm³/mol. The molecule has 0 saturated heterocycles. The highest BCUT2D eigenvalue weighted by molar-refractivity contribution is 7.89. The van der Waals surface area contributed by atoms with E-state index in [1.54, 1.807) is 7.11 Å². The van der Waals surface area contributed by atoms with Crippen molar-refractivity contribution in [3.05, 3.63) is 0 Å². The Morgan fingerprint density at radius 3 is 2.50 bits per heavy atom. The molecular formula is C10H24N2O3S. The second-order valence-electron chi connectivity index (χ2n) is 3.81. The number of methoxy groups -OCH3 is 1. The van der Waals surface area contributed by atoms with Crippen LogP contribution in [0.15, 0.2) is 0 Å². The first-order valence-electron chi connectivity index (χ1n) is 5.69. The Bertz CT molecular complexity index is 255. The Hall–Kier alpha value is -0.170. The Morgan fingerprint density at radius 2 is 2.00 bits per heavy atom. The van der Waals surface area contributed by atoms with Crippen LogP contribution in [-0.2, 0) is 14.8 Å². The third-order valence-corrected chi connectivity index (χ3v) is 3.82. The smallest absolute Gasteiger partial charge is 0.211 e. The van der Waals surface area contributed by atoms with Crippen molar-refractivity contribution in [2.24, 2.45) is 0 Å². The summed E-state index contributed by atoms with van der Waals surface area (Å²) in [5.74, 6) is 0.189. The summed E-state index contributed by atoms with van der Waals surface area (Å²) < 4.78 is 30.9. The van der Waals surface area contributed by atoms with Crippen LogP contribution in [0.2, 0.25) is 0 Å². The molecule has 0 aliphatic heterocycles. The van der Waals surface area contributed by atoms with Gasteiger partial charge in [-0.25, -0.2) is 13.1 Å². The van der Waals surface area contributed by atoms with Gasteiger partial charge in [-0.15, -0.1) is 0 Å². The van der Waals surface area contributed by atoms with Crippen molar-refractivity contribution in [1.29, 1.82) is 0 Å². The van der Waals surface area contributed by atoms with Crippen LogP contribution >= 0.6 is 0 Å². The maximum atomic E-state index is 11.7. The van der Waals surface area contributed by atoms with E-state index in [1.807, 2.05) is 14.0 Å². The van der Waals surface area contributed by atoms with Crippen molar-refractivity contribution in [3.8, 4) is 0 Å². The van der Waals surface area contributed by atoms with Crippen molar-refractivity contribution in [2.75, 3.05) is 33.1 Å². The minimum atomic E-state index is -3.15. The molecule has 0 radical (unpaired) electrons. The van der Waals surface area contributed by atoms with E-state index in [1.165, 1.54) is 0 Å². The molecule has 0 aromatic rings. The number of nitrogens with one attached hydrogen (secondary N) is 2. The fourth-order valence-electron chi connectivity index (χ4n) is 1.34. The van der Waals surface area contributed by atoms with Crippen molar-refractivity contribution >= 4 is 10.0 Å². The van der Waals surface area contributed by atoms with Crippen LogP contribution in [0.25, 0.3) is 0 Å². The SMILES string of the molecule is CCC(COC)NS(=O)(=O)CCCCNC. The third-order valence-electron chi connectivity index (χ3n) is 2.30. The average molecular weight is 252 g/mol. The minimum Gasteiger partial charge on any atom is -0.383 e. The molecule has 16 heavy (non-hydrogen) atoms. The zero-order chi connectivity index (χ0) is 12.4. The van der Waals surface area contributed by atoms with Crippen LogP contribution in [0.1, 0.15) is 26.2 Å². The number of unbranched alkanes of at least 4 members (excludes halogenated alkanes) is 1. The Morgan fingerprint density at radius 1 is 1.31 bits per heavy atom. The fraction of sp³-hybridized carbons (Fsp3) is 1.00. The normalized spacial score (nSPS) is 13.9. The first-order valence-corrected chi connectivity index (χ1v) is 7.34. The summed E-state index contributed by atoms with van der Waals surface area (Å²) in [4.78, 5) is 0. The lowest BCUT2D eigenvalue weighted by atomic mass is 10.3. The van der Waals surface area contributed by atoms with Crippen LogP contribution in [0, 0.1) is 0 Å². The Labute approximate surface area is 99.0 Å². The fourth-order valence-corrected chi connectivity index (χ4v) is 2.79. The molecule has 0 bridgehead atoms. The first-order chi connectivity index (χ1) is 7.55. The van der Waals surface area contributed by atoms with Gasteiger partial charge in [-0.05, 0) is 32.9 Å². The third kappa shape index (κ3) is 8.04. The molecule has 0 rings (SSSR count). The van der Waals surface area contributed by atoms with E-state index in [0.29, 0.717) is 13.0 Å². The summed E-state index contributed by atoms with van der Waals surface area (Å²) in [6.45, 7) is 3.21. The Balaban J connectivity index is 3.92. The van der Waals surface area contributed by atoms with Gasteiger partial charge >= 0.3 is 0 Å². The monoisotopic (exact) mass is 252 g/mol. The summed E-state index contributed by atoms with van der Waals surface area (Å²) in [7, 11) is 0.280. The molecule has 0 aromatic heterocycles. The predicted octanol–water partition coefficient (Wildman–Crippen LogP) is 0.330. The zero-order valence-corrected chi connectivity index (χ0v) is 11.3. The molecule has 1 atom stereocenters. The standard InChI is InChI=1S/C10H24N2O3S/c1-4-10(9-15-3)12-16(13,14)8-6-5-7-11-2/h10-12H,4-9H2,1-3H3. The van der Waals surface area contributed by atoms with E-state index in [0.717, 1.165) is 19.4 Å². The van der Waals surface area contributed by atoms with Crippen molar-refractivity contribution in [3.63, 3.8) is 0 Å². The molecule has 1 unspecified atom stereocenters. The maximum Gasteiger partial charge on any atom is 0.211 e. The number of hydrogen-bond donors (Lipinski definition) is 2.